The number of carbonyl (C=O) groups excluding carboxylic acids is 1. The number of carbonyl (C=O) groups is 1. The molecule has 0 amide bonds. The second kappa shape index (κ2) is 5.42. The molecule has 0 unspecified atom stereocenters. The first kappa shape index (κ1) is 12.3. The van der Waals surface area contributed by atoms with Crippen LogP contribution in [-0.2, 0) is 6.61 Å². The fourth-order valence-corrected chi connectivity index (χ4v) is 1.53. The van der Waals surface area contributed by atoms with E-state index in [1.54, 1.807) is 24.3 Å². The summed E-state index contributed by atoms with van der Waals surface area (Å²) in [5, 5.41) is 9.18. The van der Waals surface area contributed by atoms with Crippen LogP contribution in [0, 0.1) is 0 Å². The van der Waals surface area contributed by atoms with Crippen LogP contribution in [-0.4, -0.2) is 15.9 Å². The summed E-state index contributed by atoms with van der Waals surface area (Å²) in [5.41, 5.74) is 1.22. The van der Waals surface area contributed by atoms with Crippen molar-refractivity contribution in [3.63, 3.8) is 0 Å². The lowest BCUT2D eigenvalue weighted by molar-refractivity contribution is 0.101. The number of para-hydroxylation sites is 1. The molecule has 0 fully saturated rings. The highest BCUT2D eigenvalue weighted by Crippen LogP contribution is 2.24. The number of aliphatic hydroxyl groups is 1. The van der Waals surface area contributed by atoms with Crippen molar-refractivity contribution in [2.45, 2.75) is 13.5 Å². The van der Waals surface area contributed by atoms with Gasteiger partial charge in [-0.3, -0.25) is 4.79 Å². The number of benzene rings is 1. The van der Waals surface area contributed by atoms with Crippen molar-refractivity contribution in [2.75, 3.05) is 0 Å². The zero-order valence-electron chi connectivity index (χ0n) is 9.96. The van der Waals surface area contributed by atoms with Crippen LogP contribution in [0.25, 0.3) is 0 Å². The van der Waals surface area contributed by atoms with Gasteiger partial charge in [-0.05, 0) is 19.1 Å². The van der Waals surface area contributed by atoms with Crippen LogP contribution in [0.1, 0.15) is 22.8 Å². The lowest BCUT2D eigenvalue weighted by atomic mass is 10.2. The minimum Gasteiger partial charge on any atom is -0.439 e. The van der Waals surface area contributed by atoms with Crippen molar-refractivity contribution in [1.29, 1.82) is 0 Å². The van der Waals surface area contributed by atoms with Gasteiger partial charge >= 0.3 is 0 Å². The molecule has 0 saturated carbocycles. The van der Waals surface area contributed by atoms with E-state index in [0.717, 1.165) is 0 Å². The molecule has 1 N–H and O–H groups in total. The summed E-state index contributed by atoms with van der Waals surface area (Å²) in [7, 11) is 0. The number of aromatic nitrogens is 1. The fourth-order valence-electron chi connectivity index (χ4n) is 1.53. The molecule has 2 aromatic rings. The molecule has 0 radical (unpaired) electrons. The number of ketones is 1. The highest BCUT2D eigenvalue weighted by atomic mass is 16.5. The van der Waals surface area contributed by atoms with Crippen LogP contribution in [0.3, 0.4) is 0 Å². The average Bonchev–Trinajstić information content (AvgIpc) is 2.39. The molecule has 0 spiro atoms. The largest absolute Gasteiger partial charge is 0.439 e. The van der Waals surface area contributed by atoms with Crippen LogP contribution in [0.2, 0.25) is 0 Å². The Hall–Kier alpha value is -2.20. The monoisotopic (exact) mass is 243 g/mol. The Morgan fingerprint density at radius 2 is 2.11 bits per heavy atom. The Bertz CT molecular complexity index is 566. The highest BCUT2D eigenvalue weighted by Gasteiger charge is 2.06. The van der Waals surface area contributed by atoms with E-state index >= 15 is 0 Å². The second-order valence-corrected chi connectivity index (χ2v) is 3.81. The first-order chi connectivity index (χ1) is 8.70. The summed E-state index contributed by atoms with van der Waals surface area (Å²) in [6.07, 6.45) is 1.52. The quantitative estimate of drug-likeness (QED) is 0.838. The molecule has 0 bridgehead atoms. The van der Waals surface area contributed by atoms with Crippen LogP contribution >= 0.6 is 0 Å². The van der Waals surface area contributed by atoms with Gasteiger partial charge in [0.05, 0.1) is 6.61 Å². The number of nitrogens with zero attached hydrogens (tertiary/aromatic N) is 1. The van der Waals surface area contributed by atoms with E-state index in [9.17, 15) is 9.90 Å². The van der Waals surface area contributed by atoms with Crippen molar-refractivity contribution in [3.05, 3.63) is 53.7 Å². The lowest BCUT2D eigenvalue weighted by Gasteiger charge is -2.08. The molecule has 1 aromatic heterocycles. The zero-order valence-corrected chi connectivity index (χ0v) is 9.96. The SMILES string of the molecule is CC(=O)c1ccnc(Oc2ccccc2CO)c1. The Morgan fingerprint density at radius 3 is 2.83 bits per heavy atom. The van der Waals surface area contributed by atoms with E-state index in [2.05, 4.69) is 4.98 Å². The van der Waals surface area contributed by atoms with E-state index in [1.807, 2.05) is 12.1 Å². The molecule has 92 valence electrons. The van der Waals surface area contributed by atoms with Crippen molar-refractivity contribution >= 4 is 5.78 Å². The van der Waals surface area contributed by atoms with Crippen LogP contribution in [0.4, 0.5) is 0 Å². The molecule has 4 heteroatoms. The second-order valence-electron chi connectivity index (χ2n) is 3.81. The lowest BCUT2D eigenvalue weighted by Crippen LogP contribution is -1.96. The minimum absolute atomic E-state index is 0.0438. The molecular weight excluding hydrogens is 230 g/mol. The maximum atomic E-state index is 11.2. The molecule has 18 heavy (non-hydrogen) atoms. The first-order valence-electron chi connectivity index (χ1n) is 5.54. The first-order valence-corrected chi connectivity index (χ1v) is 5.54. The van der Waals surface area contributed by atoms with Gasteiger partial charge < -0.3 is 9.84 Å². The summed E-state index contributed by atoms with van der Waals surface area (Å²) in [4.78, 5) is 15.3. The molecule has 0 aliphatic rings. The van der Waals surface area contributed by atoms with Crippen LogP contribution in [0.15, 0.2) is 42.6 Å². The summed E-state index contributed by atoms with van der Waals surface area (Å²) < 4.78 is 5.57. The standard InChI is InChI=1S/C14H13NO3/c1-10(17)11-6-7-15-14(8-11)18-13-5-3-2-4-12(13)9-16/h2-8,16H,9H2,1H3. The molecule has 0 aliphatic heterocycles. The number of pyridine rings is 1. The maximum Gasteiger partial charge on any atom is 0.219 e. The Balaban J connectivity index is 2.28. The zero-order chi connectivity index (χ0) is 13.0. The summed E-state index contributed by atoms with van der Waals surface area (Å²) in [6, 6.07) is 10.3. The van der Waals surface area contributed by atoms with Crippen LogP contribution < -0.4 is 4.74 Å². The van der Waals surface area contributed by atoms with Crippen molar-refractivity contribution in [2.24, 2.45) is 0 Å². The summed E-state index contributed by atoms with van der Waals surface area (Å²) >= 11 is 0. The van der Waals surface area contributed by atoms with Gasteiger partial charge in [0.2, 0.25) is 5.88 Å². The number of ether oxygens (including phenoxy) is 1. The molecule has 2 rings (SSSR count). The molecule has 1 aromatic carbocycles. The van der Waals surface area contributed by atoms with Gasteiger partial charge in [0, 0.05) is 23.4 Å². The summed E-state index contributed by atoms with van der Waals surface area (Å²) in [6.45, 7) is 1.38. The number of hydrogen-bond donors (Lipinski definition) is 1. The van der Waals surface area contributed by atoms with Crippen molar-refractivity contribution in [3.8, 4) is 11.6 Å². The maximum absolute atomic E-state index is 11.2. The van der Waals surface area contributed by atoms with Gasteiger partial charge in [0.1, 0.15) is 5.75 Å². The van der Waals surface area contributed by atoms with Gasteiger partial charge in [-0.1, -0.05) is 18.2 Å². The van der Waals surface area contributed by atoms with Gasteiger partial charge in [-0.15, -0.1) is 0 Å². The van der Waals surface area contributed by atoms with Crippen molar-refractivity contribution < 1.29 is 14.6 Å². The normalized spacial score (nSPS) is 10.1. The molecule has 4 nitrogen and oxygen atoms in total. The predicted octanol–water partition coefficient (Wildman–Crippen LogP) is 2.57. The van der Waals surface area contributed by atoms with Gasteiger partial charge in [0.15, 0.2) is 5.78 Å². The number of hydrogen-bond acceptors (Lipinski definition) is 4. The van der Waals surface area contributed by atoms with Gasteiger partial charge in [-0.25, -0.2) is 4.98 Å². The Morgan fingerprint density at radius 1 is 1.33 bits per heavy atom. The van der Waals surface area contributed by atoms with E-state index < -0.39 is 0 Å². The number of rotatable bonds is 4. The third-order valence-electron chi connectivity index (χ3n) is 2.50. The molecule has 0 aliphatic carbocycles. The predicted molar refractivity (Wildman–Crippen MR) is 66.7 cm³/mol. The van der Waals surface area contributed by atoms with Crippen molar-refractivity contribution in [1.82, 2.24) is 4.98 Å². The molecule has 0 atom stereocenters. The summed E-state index contributed by atoms with van der Waals surface area (Å²) in [5.74, 6) is 0.828. The Kier molecular flexibility index (Phi) is 3.69. The molecule has 0 saturated heterocycles. The smallest absolute Gasteiger partial charge is 0.219 e. The molecule has 1 heterocycles. The van der Waals surface area contributed by atoms with Gasteiger partial charge in [0.25, 0.3) is 0 Å². The third-order valence-corrected chi connectivity index (χ3v) is 2.50. The molecular formula is C14H13NO3. The minimum atomic E-state index is -0.109. The highest BCUT2D eigenvalue weighted by molar-refractivity contribution is 5.94. The van der Waals surface area contributed by atoms with E-state index in [0.29, 0.717) is 22.8 Å². The van der Waals surface area contributed by atoms with Gasteiger partial charge in [-0.2, -0.15) is 0 Å². The van der Waals surface area contributed by atoms with Crippen LogP contribution in [0.5, 0.6) is 11.6 Å². The Labute approximate surface area is 105 Å². The van der Waals surface area contributed by atoms with E-state index in [1.165, 1.54) is 13.1 Å². The average molecular weight is 243 g/mol. The topological polar surface area (TPSA) is 59.4 Å². The van der Waals surface area contributed by atoms with E-state index in [4.69, 9.17) is 4.74 Å². The fraction of sp³-hybridized carbons (Fsp3) is 0.143. The third kappa shape index (κ3) is 2.73. The van der Waals surface area contributed by atoms with E-state index in [-0.39, 0.29) is 12.4 Å². The number of Topliss-reactive ketones (excluding diaryl/α,β-unsaturated/α-hetero) is 1. The number of aliphatic hydroxyl groups excluding tert-OH is 1.